The SMILES string of the molecule is O=C(NC(=S)Nc1ccc(OCC2CCCO2)cc1)c1cccc(OCCc2ccccc2)c1. The Hall–Kier alpha value is -3.42. The summed E-state index contributed by atoms with van der Waals surface area (Å²) in [6.07, 6.45) is 3.10. The second kappa shape index (κ2) is 12.2. The first-order chi connectivity index (χ1) is 16.7. The van der Waals surface area contributed by atoms with Crippen LogP contribution < -0.4 is 20.1 Å². The Bertz CT molecular complexity index is 1080. The van der Waals surface area contributed by atoms with Gasteiger partial charge in [0.1, 0.15) is 18.1 Å². The van der Waals surface area contributed by atoms with Crippen LogP contribution in [-0.2, 0) is 11.2 Å². The molecule has 3 aromatic carbocycles. The minimum Gasteiger partial charge on any atom is -0.493 e. The van der Waals surface area contributed by atoms with Crippen molar-refractivity contribution in [3.05, 3.63) is 90.0 Å². The Morgan fingerprint density at radius 2 is 1.79 bits per heavy atom. The van der Waals surface area contributed by atoms with Crippen molar-refractivity contribution in [1.82, 2.24) is 5.32 Å². The van der Waals surface area contributed by atoms with Gasteiger partial charge >= 0.3 is 0 Å². The van der Waals surface area contributed by atoms with Crippen LogP contribution in [0.15, 0.2) is 78.9 Å². The molecular formula is C27H28N2O4S. The van der Waals surface area contributed by atoms with E-state index in [1.165, 1.54) is 5.56 Å². The molecule has 1 amide bonds. The summed E-state index contributed by atoms with van der Waals surface area (Å²) in [6, 6.07) is 24.6. The molecule has 0 saturated carbocycles. The van der Waals surface area contributed by atoms with Gasteiger partial charge in [0.2, 0.25) is 0 Å². The highest BCUT2D eigenvalue weighted by atomic mass is 32.1. The van der Waals surface area contributed by atoms with E-state index in [4.69, 9.17) is 26.4 Å². The molecule has 1 unspecified atom stereocenters. The van der Waals surface area contributed by atoms with Crippen LogP contribution in [0.25, 0.3) is 0 Å². The van der Waals surface area contributed by atoms with Crippen molar-refractivity contribution in [1.29, 1.82) is 0 Å². The highest BCUT2D eigenvalue weighted by Crippen LogP contribution is 2.19. The number of hydrogen-bond donors (Lipinski definition) is 2. The first-order valence-corrected chi connectivity index (χ1v) is 11.8. The molecule has 1 atom stereocenters. The van der Waals surface area contributed by atoms with E-state index < -0.39 is 0 Å². The Morgan fingerprint density at radius 1 is 0.971 bits per heavy atom. The fraction of sp³-hybridized carbons (Fsp3) is 0.259. The quantitative estimate of drug-likeness (QED) is 0.424. The third-order valence-corrected chi connectivity index (χ3v) is 5.60. The van der Waals surface area contributed by atoms with E-state index in [0.717, 1.165) is 37.3 Å². The van der Waals surface area contributed by atoms with Crippen molar-refractivity contribution in [2.24, 2.45) is 0 Å². The number of thiocarbonyl (C=S) groups is 1. The van der Waals surface area contributed by atoms with Gasteiger partial charge in [0.05, 0.1) is 12.7 Å². The van der Waals surface area contributed by atoms with Gasteiger partial charge in [-0.3, -0.25) is 10.1 Å². The Labute approximate surface area is 205 Å². The van der Waals surface area contributed by atoms with Gasteiger partial charge in [0, 0.05) is 24.3 Å². The lowest BCUT2D eigenvalue weighted by Crippen LogP contribution is -2.34. The first kappa shape index (κ1) is 23.7. The Morgan fingerprint density at radius 3 is 2.56 bits per heavy atom. The summed E-state index contributed by atoms with van der Waals surface area (Å²) in [5, 5.41) is 5.95. The highest BCUT2D eigenvalue weighted by Gasteiger charge is 2.16. The van der Waals surface area contributed by atoms with Crippen LogP contribution in [0.3, 0.4) is 0 Å². The second-order valence-electron chi connectivity index (χ2n) is 7.99. The summed E-state index contributed by atoms with van der Waals surface area (Å²) in [5.41, 5.74) is 2.43. The van der Waals surface area contributed by atoms with Crippen LogP contribution in [0.1, 0.15) is 28.8 Å². The molecule has 0 spiro atoms. The lowest BCUT2D eigenvalue weighted by atomic mass is 10.2. The summed E-state index contributed by atoms with van der Waals surface area (Å²) >= 11 is 5.30. The van der Waals surface area contributed by atoms with Crippen molar-refractivity contribution in [2.75, 3.05) is 25.1 Å². The van der Waals surface area contributed by atoms with Gasteiger partial charge in [0.15, 0.2) is 5.11 Å². The minimum absolute atomic E-state index is 0.174. The van der Waals surface area contributed by atoms with Gasteiger partial charge in [-0.2, -0.15) is 0 Å². The maximum absolute atomic E-state index is 12.6. The molecule has 0 aliphatic carbocycles. The molecule has 1 aliphatic rings. The third-order valence-electron chi connectivity index (χ3n) is 5.40. The number of anilines is 1. The van der Waals surface area contributed by atoms with Crippen molar-refractivity contribution >= 4 is 28.9 Å². The van der Waals surface area contributed by atoms with Gasteiger partial charge in [-0.25, -0.2) is 0 Å². The van der Waals surface area contributed by atoms with E-state index in [-0.39, 0.29) is 17.1 Å². The van der Waals surface area contributed by atoms with Crippen LogP contribution in [-0.4, -0.2) is 36.9 Å². The molecule has 7 heteroatoms. The van der Waals surface area contributed by atoms with Crippen LogP contribution >= 0.6 is 12.2 Å². The number of carbonyl (C=O) groups is 1. The number of rotatable bonds is 9. The van der Waals surface area contributed by atoms with Gasteiger partial charge in [-0.1, -0.05) is 36.4 Å². The summed E-state index contributed by atoms with van der Waals surface area (Å²) < 4.78 is 17.2. The standard InChI is InChI=1S/C27H28N2O4S/c30-26(21-8-4-9-24(18-21)32-17-15-20-6-2-1-3-7-20)29-27(34)28-22-11-13-23(14-12-22)33-19-25-10-5-16-31-25/h1-4,6-9,11-14,18,25H,5,10,15-17,19H2,(H2,28,29,30,34). The summed E-state index contributed by atoms with van der Waals surface area (Å²) in [5.74, 6) is 1.10. The zero-order chi connectivity index (χ0) is 23.6. The molecular weight excluding hydrogens is 448 g/mol. The number of benzene rings is 3. The topological polar surface area (TPSA) is 68.8 Å². The average Bonchev–Trinajstić information content (AvgIpc) is 3.38. The Balaban J connectivity index is 1.22. The molecule has 34 heavy (non-hydrogen) atoms. The largest absolute Gasteiger partial charge is 0.493 e. The normalized spacial score (nSPS) is 14.9. The molecule has 0 aromatic heterocycles. The van der Waals surface area contributed by atoms with E-state index in [1.54, 1.807) is 18.2 Å². The van der Waals surface area contributed by atoms with E-state index >= 15 is 0 Å². The van der Waals surface area contributed by atoms with Crippen LogP contribution in [0.2, 0.25) is 0 Å². The van der Waals surface area contributed by atoms with E-state index in [2.05, 4.69) is 22.8 Å². The number of nitrogens with one attached hydrogen (secondary N) is 2. The zero-order valence-corrected chi connectivity index (χ0v) is 19.7. The molecule has 2 N–H and O–H groups in total. The number of ether oxygens (including phenoxy) is 3. The smallest absolute Gasteiger partial charge is 0.257 e. The molecule has 1 aliphatic heterocycles. The summed E-state index contributed by atoms with van der Waals surface area (Å²) in [7, 11) is 0. The molecule has 4 rings (SSSR count). The predicted octanol–water partition coefficient (Wildman–Crippen LogP) is 4.99. The maximum Gasteiger partial charge on any atom is 0.257 e. The fourth-order valence-corrected chi connectivity index (χ4v) is 3.81. The van der Waals surface area contributed by atoms with E-state index in [0.29, 0.717) is 24.5 Å². The fourth-order valence-electron chi connectivity index (χ4n) is 3.60. The van der Waals surface area contributed by atoms with Crippen molar-refractivity contribution in [3.8, 4) is 11.5 Å². The van der Waals surface area contributed by atoms with Gasteiger partial charge < -0.3 is 19.5 Å². The second-order valence-corrected chi connectivity index (χ2v) is 8.40. The van der Waals surface area contributed by atoms with Gasteiger partial charge in [-0.15, -0.1) is 0 Å². The molecule has 176 valence electrons. The molecule has 1 heterocycles. The van der Waals surface area contributed by atoms with E-state index in [9.17, 15) is 4.79 Å². The highest BCUT2D eigenvalue weighted by molar-refractivity contribution is 7.80. The van der Waals surface area contributed by atoms with Crippen LogP contribution in [0.5, 0.6) is 11.5 Å². The first-order valence-electron chi connectivity index (χ1n) is 11.4. The summed E-state index contributed by atoms with van der Waals surface area (Å²) in [6.45, 7) is 1.89. The Kier molecular flexibility index (Phi) is 8.48. The van der Waals surface area contributed by atoms with Crippen LogP contribution in [0.4, 0.5) is 5.69 Å². The number of carbonyl (C=O) groups excluding carboxylic acids is 1. The average molecular weight is 477 g/mol. The van der Waals surface area contributed by atoms with Crippen molar-refractivity contribution in [3.63, 3.8) is 0 Å². The molecule has 6 nitrogen and oxygen atoms in total. The third kappa shape index (κ3) is 7.30. The number of hydrogen-bond acceptors (Lipinski definition) is 5. The predicted molar refractivity (Wildman–Crippen MR) is 137 cm³/mol. The molecule has 1 fully saturated rings. The van der Waals surface area contributed by atoms with Gasteiger partial charge in [0.25, 0.3) is 5.91 Å². The monoisotopic (exact) mass is 476 g/mol. The maximum atomic E-state index is 12.6. The molecule has 1 saturated heterocycles. The van der Waals surface area contributed by atoms with Crippen LogP contribution in [0, 0.1) is 0 Å². The van der Waals surface area contributed by atoms with E-state index in [1.807, 2.05) is 48.5 Å². The zero-order valence-electron chi connectivity index (χ0n) is 18.9. The molecule has 3 aromatic rings. The lowest BCUT2D eigenvalue weighted by Gasteiger charge is -2.13. The lowest BCUT2D eigenvalue weighted by molar-refractivity contribution is 0.0679. The van der Waals surface area contributed by atoms with Crippen molar-refractivity contribution in [2.45, 2.75) is 25.4 Å². The van der Waals surface area contributed by atoms with Crippen molar-refractivity contribution < 1.29 is 19.0 Å². The number of amides is 1. The summed E-state index contributed by atoms with van der Waals surface area (Å²) in [4.78, 5) is 12.6. The minimum atomic E-state index is -0.303. The molecule has 0 radical (unpaired) electrons. The van der Waals surface area contributed by atoms with Gasteiger partial charge in [-0.05, 0) is 73.1 Å². The molecule has 0 bridgehead atoms.